The van der Waals surface area contributed by atoms with Crippen LogP contribution >= 0.6 is 11.8 Å². The molecule has 1 rings (SSSR count). The molecule has 2 unspecified atom stereocenters. The van der Waals surface area contributed by atoms with Gasteiger partial charge in [-0.25, -0.2) is 15.7 Å². The smallest absolute Gasteiger partial charge is 0.294 e. The van der Waals surface area contributed by atoms with E-state index < -0.39 is 0 Å². The summed E-state index contributed by atoms with van der Waals surface area (Å²) in [6.07, 6.45) is 0. The highest BCUT2D eigenvalue weighted by Crippen LogP contribution is 2.25. The molecule has 8 heteroatoms. The molecule has 0 aromatic carbocycles. The lowest BCUT2D eigenvalue weighted by Crippen LogP contribution is -2.38. The molecule has 0 fully saturated rings. The number of H-pyrrole nitrogens is 1. The Hall–Kier alpha value is -1.28. The van der Waals surface area contributed by atoms with E-state index in [2.05, 4.69) is 15.6 Å². The van der Waals surface area contributed by atoms with E-state index in [9.17, 15) is 9.59 Å². The number of nitrogens with two attached hydrogens (primary N) is 1. The molecule has 1 amide bonds. The number of aromatic nitrogens is 3. The van der Waals surface area contributed by atoms with E-state index in [0.29, 0.717) is 11.7 Å². The summed E-state index contributed by atoms with van der Waals surface area (Å²) in [6, 6.07) is 0. The van der Waals surface area contributed by atoms with Crippen molar-refractivity contribution in [2.75, 3.05) is 0 Å². The first kappa shape index (κ1) is 13.8. The van der Waals surface area contributed by atoms with Crippen LogP contribution in [0.15, 0.2) is 9.95 Å². The molecule has 0 spiro atoms. The number of carbonyl (C=O) groups excluding carboxylic acids is 1. The normalized spacial score (nSPS) is 14.4. The Balaban J connectivity index is 2.77. The minimum atomic E-state index is -0.262. The third-order valence-electron chi connectivity index (χ3n) is 2.59. The summed E-state index contributed by atoms with van der Waals surface area (Å²) in [5, 5.41) is 6.86. The lowest BCUT2D eigenvalue weighted by Gasteiger charge is -2.16. The summed E-state index contributed by atoms with van der Waals surface area (Å²) < 4.78 is 1.52. The molecule has 7 nitrogen and oxygen atoms in total. The van der Waals surface area contributed by atoms with Gasteiger partial charge in [0.25, 0.3) is 0 Å². The molecule has 2 atom stereocenters. The number of aromatic amines is 1. The Morgan fingerprint density at radius 3 is 2.82 bits per heavy atom. The predicted octanol–water partition coefficient (Wildman–Crippen LogP) is -0.302. The Bertz CT molecular complexity index is 441. The van der Waals surface area contributed by atoms with Gasteiger partial charge in [-0.2, -0.15) is 0 Å². The number of hydrazine groups is 1. The molecule has 0 aliphatic rings. The third kappa shape index (κ3) is 3.10. The average molecular weight is 259 g/mol. The van der Waals surface area contributed by atoms with Gasteiger partial charge in [-0.1, -0.05) is 25.6 Å². The van der Waals surface area contributed by atoms with Gasteiger partial charge in [0, 0.05) is 17.7 Å². The fraction of sp³-hybridized carbons (Fsp3) is 0.667. The van der Waals surface area contributed by atoms with Crippen molar-refractivity contribution in [2.45, 2.75) is 37.7 Å². The number of hydrogen-bond acceptors (Lipinski definition) is 5. The van der Waals surface area contributed by atoms with Crippen molar-refractivity contribution in [1.29, 1.82) is 0 Å². The van der Waals surface area contributed by atoms with E-state index >= 15 is 0 Å². The summed E-state index contributed by atoms with van der Waals surface area (Å²) >= 11 is 1.37. The molecule has 0 saturated heterocycles. The van der Waals surface area contributed by atoms with Gasteiger partial charge in [-0.15, -0.1) is 5.10 Å². The van der Waals surface area contributed by atoms with Crippen LogP contribution in [-0.4, -0.2) is 25.9 Å². The van der Waals surface area contributed by atoms with Crippen molar-refractivity contribution < 1.29 is 4.79 Å². The second-order valence-electron chi connectivity index (χ2n) is 3.68. The Morgan fingerprint density at radius 2 is 2.29 bits per heavy atom. The lowest BCUT2D eigenvalue weighted by molar-refractivity contribution is -0.124. The van der Waals surface area contributed by atoms with Gasteiger partial charge in [0.1, 0.15) is 0 Å². The van der Waals surface area contributed by atoms with Crippen molar-refractivity contribution in [3.8, 4) is 0 Å². The van der Waals surface area contributed by atoms with Crippen LogP contribution < -0.4 is 17.0 Å². The van der Waals surface area contributed by atoms with Crippen LogP contribution in [0.4, 0.5) is 0 Å². The minimum absolute atomic E-state index is 0.0287. The summed E-state index contributed by atoms with van der Waals surface area (Å²) in [4.78, 5) is 22.7. The third-order valence-corrected chi connectivity index (χ3v) is 3.89. The van der Waals surface area contributed by atoms with E-state index in [1.807, 2.05) is 13.8 Å². The number of carbonyl (C=O) groups is 1. The highest BCUT2D eigenvalue weighted by Gasteiger charge is 2.22. The van der Waals surface area contributed by atoms with Crippen molar-refractivity contribution in [1.82, 2.24) is 20.2 Å². The summed E-state index contributed by atoms with van der Waals surface area (Å²) in [5.74, 6) is 4.59. The zero-order valence-corrected chi connectivity index (χ0v) is 10.9. The molecule has 0 bridgehead atoms. The van der Waals surface area contributed by atoms with Crippen LogP contribution in [-0.2, 0) is 11.3 Å². The zero-order chi connectivity index (χ0) is 13.0. The van der Waals surface area contributed by atoms with Crippen LogP contribution in [0.25, 0.3) is 0 Å². The molecule has 1 aromatic heterocycles. The number of thioether (sulfide) groups is 1. The average Bonchev–Trinajstić information content (AvgIpc) is 2.67. The van der Waals surface area contributed by atoms with Gasteiger partial charge >= 0.3 is 5.69 Å². The van der Waals surface area contributed by atoms with Crippen molar-refractivity contribution in [3.63, 3.8) is 0 Å². The fourth-order valence-corrected chi connectivity index (χ4v) is 2.38. The molecule has 4 N–H and O–H groups in total. The Kier molecular flexibility index (Phi) is 4.76. The maximum Gasteiger partial charge on any atom is 0.343 e. The van der Waals surface area contributed by atoms with Gasteiger partial charge in [-0.3, -0.25) is 14.8 Å². The molecular weight excluding hydrogens is 242 g/mol. The maximum absolute atomic E-state index is 11.4. The van der Waals surface area contributed by atoms with Gasteiger partial charge in [-0.05, 0) is 6.92 Å². The largest absolute Gasteiger partial charge is 0.343 e. The number of amides is 1. The summed E-state index contributed by atoms with van der Waals surface area (Å²) in [6.45, 7) is 6.08. The van der Waals surface area contributed by atoms with Gasteiger partial charge < -0.3 is 0 Å². The number of nitrogens with one attached hydrogen (secondary N) is 2. The second-order valence-corrected chi connectivity index (χ2v) is 5.02. The Morgan fingerprint density at radius 1 is 1.65 bits per heavy atom. The molecule has 96 valence electrons. The topological polar surface area (TPSA) is 106 Å². The number of hydrogen-bond donors (Lipinski definition) is 3. The minimum Gasteiger partial charge on any atom is -0.294 e. The monoisotopic (exact) mass is 259 g/mol. The Labute approximate surface area is 103 Å². The van der Waals surface area contributed by atoms with Crippen molar-refractivity contribution in [2.24, 2.45) is 11.8 Å². The van der Waals surface area contributed by atoms with Crippen LogP contribution in [0.3, 0.4) is 0 Å². The summed E-state index contributed by atoms with van der Waals surface area (Å²) in [5.41, 5.74) is 1.88. The molecule has 17 heavy (non-hydrogen) atoms. The van der Waals surface area contributed by atoms with Gasteiger partial charge in [0.15, 0.2) is 5.16 Å². The van der Waals surface area contributed by atoms with Crippen LogP contribution in [0, 0.1) is 5.92 Å². The van der Waals surface area contributed by atoms with E-state index in [1.165, 1.54) is 16.3 Å². The van der Waals surface area contributed by atoms with Crippen LogP contribution in [0.2, 0.25) is 0 Å². The lowest BCUT2D eigenvalue weighted by atomic mass is 10.1. The molecule has 0 saturated carbocycles. The number of rotatable bonds is 5. The molecule has 0 aliphatic heterocycles. The SMILES string of the molecule is CCn1c(SC(C)C(C)C(=O)NN)n[nH]c1=O. The van der Waals surface area contributed by atoms with Crippen molar-refractivity contribution in [3.05, 3.63) is 10.5 Å². The van der Waals surface area contributed by atoms with Crippen LogP contribution in [0.5, 0.6) is 0 Å². The van der Waals surface area contributed by atoms with E-state index in [-0.39, 0.29) is 22.8 Å². The predicted molar refractivity (Wildman–Crippen MR) is 65.3 cm³/mol. The van der Waals surface area contributed by atoms with E-state index in [0.717, 1.165) is 0 Å². The summed E-state index contributed by atoms with van der Waals surface area (Å²) in [7, 11) is 0. The molecule has 0 aliphatic carbocycles. The molecular formula is C9H17N5O2S. The number of nitrogens with zero attached hydrogens (tertiary/aromatic N) is 2. The van der Waals surface area contributed by atoms with E-state index in [4.69, 9.17) is 5.84 Å². The highest BCUT2D eigenvalue weighted by atomic mass is 32.2. The van der Waals surface area contributed by atoms with Gasteiger partial charge in [0.2, 0.25) is 5.91 Å². The van der Waals surface area contributed by atoms with Gasteiger partial charge in [0.05, 0.1) is 0 Å². The quantitative estimate of drug-likeness (QED) is 0.291. The molecule has 1 heterocycles. The van der Waals surface area contributed by atoms with Crippen LogP contribution in [0.1, 0.15) is 20.8 Å². The zero-order valence-electron chi connectivity index (χ0n) is 10.1. The molecule has 1 aromatic rings. The first-order valence-electron chi connectivity index (χ1n) is 5.33. The van der Waals surface area contributed by atoms with E-state index in [1.54, 1.807) is 6.92 Å². The maximum atomic E-state index is 11.4. The first-order chi connectivity index (χ1) is 8.01. The fourth-order valence-electron chi connectivity index (χ4n) is 1.29. The second kappa shape index (κ2) is 5.87. The molecule has 0 radical (unpaired) electrons. The standard InChI is InChI=1S/C9H17N5O2S/c1-4-14-8(16)12-13-9(14)17-6(3)5(2)7(15)11-10/h5-6H,4,10H2,1-3H3,(H,11,15)(H,12,16). The first-order valence-corrected chi connectivity index (χ1v) is 6.21. The highest BCUT2D eigenvalue weighted by molar-refractivity contribution is 7.99. The van der Waals surface area contributed by atoms with Crippen molar-refractivity contribution >= 4 is 17.7 Å².